The van der Waals surface area contributed by atoms with Gasteiger partial charge in [0, 0.05) is 11.4 Å². The maximum Gasteiger partial charge on any atom is 0.242 e. The quantitative estimate of drug-likeness (QED) is 0.525. The lowest BCUT2D eigenvalue weighted by Crippen LogP contribution is -2.37. The van der Waals surface area contributed by atoms with Crippen LogP contribution in [0.3, 0.4) is 0 Å². The largest absolute Gasteiger partial charge is 0.325 e. The molecule has 0 aromatic heterocycles. The van der Waals surface area contributed by atoms with Crippen LogP contribution in [0.1, 0.15) is 31.7 Å². The molecule has 0 radical (unpaired) electrons. The van der Waals surface area contributed by atoms with Gasteiger partial charge in [0.05, 0.1) is 6.04 Å². The number of rotatable bonds is 7. The molecule has 1 unspecified atom stereocenters. The average molecular weight is 266 g/mol. The van der Waals surface area contributed by atoms with E-state index in [1.807, 2.05) is 12.1 Å². The summed E-state index contributed by atoms with van der Waals surface area (Å²) in [5.41, 5.74) is 7.68. The Morgan fingerprint density at radius 3 is 2.56 bits per heavy atom. The van der Waals surface area contributed by atoms with Crippen LogP contribution in [0.5, 0.6) is 0 Å². The van der Waals surface area contributed by atoms with Crippen LogP contribution in [0, 0.1) is 0 Å². The highest BCUT2D eigenvalue weighted by Crippen LogP contribution is 2.12. The third-order valence-corrected chi connectivity index (χ3v) is 3.22. The number of amides is 1. The van der Waals surface area contributed by atoms with Crippen molar-refractivity contribution in [3.05, 3.63) is 29.8 Å². The number of aryl methyl sites for hydroxylation is 1. The minimum Gasteiger partial charge on any atom is -0.325 e. The van der Waals surface area contributed by atoms with E-state index in [0.717, 1.165) is 12.1 Å². The average Bonchev–Trinajstić information content (AvgIpc) is 2.40. The van der Waals surface area contributed by atoms with Crippen molar-refractivity contribution in [1.82, 2.24) is 0 Å². The lowest BCUT2D eigenvalue weighted by atomic mass is 10.1. The molecule has 18 heavy (non-hydrogen) atoms. The first-order valence-corrected chi connectivity index (χ1v) is 7.07. The van der Waals surface area contributed by atoms with E-state index >= 15 is 0 Å². The van der Waals surface area contributed by atoms with E-state index in [1.54, 1.807) is 0 Å². The van der Waals surface area contributed by atoms with Gasteiger partial charge < -0.3 is 11.1 Å². The predicted molar refractivity (Wildman–Crippen MR) is 80.1 cm³/mol. The third-order valence-electron chi connectivity index (χ3n) is 2.82. The highest BCUT2D eigenvalue weighted by Gasteiger charge is 2.10. The molecule has 0 aliphatic carbocycles. The van der Waals surface area contributed by atoms with Gasteiger partial charge in [-0.25, -0.2) is 0 Å². The van der Waals surface area contributed by atoms with Crippen LogP contribution in [0.15, 0.2) is 24.3 Å². The van der Waals surface area contributed by atoms with Crippen LogP contribution < -0.4 is 11.1 Å². The van der Waals surface area contributed by atoms with Crippen LogP contribution >= 0.6 is 12.6 Å². The second-order valence-electron chi connectivity index (χ2n) is 4.43. The number of nitrogens with one attached hydrogen (secondary N) is 1. The Bertz CT molecular complexity index is 365. The summed E-state index contributed by atoms with van der Waals surface area (Å²) < 4.78 is 0. The number of carbonyl (C=O) groups is 1. The van der Waals surface area contributed by atoms with Gasteiger partial charge in [0.1, 0.15) is 0 Å². The first kappa shape index (κ1) is 15.1. The lowest BCUT2D eigenvalue weighted by Gasteiger charge is -2.10. The van der Waals surface area contributed by atoms with Crippen molar-refractivity contribution in [2.75, 3.05) is 11.1 Å². The predicted octanol–water partition coefficient (Wildman–Crippen LogP) is 2.61. The fraction of sp³-hybridized carbons (Fsp3) is 0.500. The Hall–Kier alpha value is -1.00. The van der Waals surface area contributed by atoms with E-state index in [1.165, 1.54) is 24.8 Å². The molecule has 0 bridgehead atoms. The van der Waals surface area contributed by atoms with Crippen molar-refractivity contribution in [2.24, 2.45) is 5.73 Å². The number of benzene rings is 1. The Morgan fingerprint density at radius 1 is 1.33 bits per heavy atom. The van der Waals surface area contributed by atoms with Crippen molar-refractivity contribution in [2.45, 2.75) is 38.6 Å². The van der Waals surface area contributed by atoms with Gasteiger partial charge in [-0.1, -0.05) is 31.9 Å². The number of hydrogen-bond donors (Lipinski definition) is 3. The minimum absolute atomic E-state index is 0.191. The summed E-state index contributed by atoms with van der Waals surface area (Å²) in [6.45, 7) is 2.20. The number of nitrogens with two attached hydrogens (primary N) is 1. The van der Waals surface area contributed by atoms with E-state index in [2.05, 4.69) is 37.0 Å². The Kier molecular flexibility index (Phi) is 6.83. The molecule has 0 fully saturated rings. The normalized spacial score (nSPS) is 12.2. The standard InChI is InChI=1S/C14H22N2OS/c1-2-3-4-5-11-6-8-12(9-7-11)16-14(17)13(15)10-18/h6-9,13,18H,2-5,10,15H2,1H3,(H,16,17). The lowest BCUT2D eigenvalue weighted by molar-refractivity contribution is -0.116. The second kappa shape index (κ2) is 8.16. The van der Waals surface area contributed by atoms with Crippen LogP contribution in [0.25, 0.3) is 0 Å². The van der Waals surface area contributed by atoms with Crippen molar-refractivity contribution in [3.63, 3.8) is 0 Å². The fourth-order valence-corrected chi connectivity index (χ4v) is 1.82. The summed E-state index contributed by atoms with van der Waals surface area (Å²) in [5.74, 6) is 0.157. The zero-order chi connectivity index (χ0) is 13.4. The summed E-state index contributed by atoms with van der Waals surface area (Å²) in [7, 11) is 0. The molecule has 0 aliphatic rings. The molecule has 1 atom stereocenters. The maximum atomic E-state index is 11.6. The summed E-state index contributed by atoms with van der Waals surface area (Å²) in [4.78, 5) is 11.6. The third kappa shape index (κ3) is 5.10. The summed E-state index contributed by atoms with van der Waals surface area (Å²) in [6.07, 6.45) is 4.80. The molecule has 0 aliphatic heterocycles. The van der Waals surface area contributed by atoms with E-state index in [0.29, 0.717) is 5.75 Å². The van der Waals surface area contributed by atoms with Gasteiger partial charge in [0.2, 0.25) is 5.91 Å². The number of carbonyl (C=O) groups excluding carboxylic acids is 1. The molecule has 0 saturated carbocycles. The topological polar surface area (TPSA) is 55.1 Å². The molecule has 100 valence electrons. The molecular weight excluding hydrogens is 244 g/mol. The first-order valence-electron chi connectivity index (χ1n) is 6.43. The van der Waals surface area contributed by atoms with Crippen LogP contribution in [0.4, 0.5) is 5.69 Å². The van der Waals surface area contributed by atoms with Gasteiger partial charge in [-0.05, 0) is 30.5 Å². The van der Waals surface area contributed by atoms with Gasteiger partial charge in [-0.2, -0.15) is 12.6 Å². The molecule has 1 aromatic rings. The molecular formula is C14H22N2OS. The summed E-state index contributed by atoms with van der Waals surface area (Å²) in [5, 5.41) is 2.77. The minimum atomic E-state index is -0.558. The SMILES string of the molecule is CCCCCc1ccc(NC(=O)C(N)CS)cc1. The van der Waals surface area contributed by atoms with Crippen LogP contribution in [0.2, 0.25) is 0 Å². The molecule has 1 amide bonds. The number of unbranched alkanes of at least 4 members (excludes halogenated alkanes) is 2. The summed E-state index contributed by atoms with van der Waals surface area (Å²) >= 11 is 4.00. The Morgan fingerprint density at radius 2 is 2.00 bits per heavy atom. The molecule has 0 heterocycles. The van der Waals surface area contributed by atoms with Gasteiger partial charge >= 0.3 is 0 Å². The van der Waals surface area contributed by atoms with Crippen LogP contribution in [-0.2, 0) is 11.2 Å². The second-order valence-corrected chi connectivity index (χ2v) is 4.80. The Labute approximate surface area is 115 Å². The Balaban J connectivity index is 2.47. The monoisotopic (exact) mass is 266 g/mol. The van der Waals surface area contributed by atoms with Crippen molar-refractivity contribution in [3.8, 4) is 0 Å². The highest BCUT2D eigenvalue weighted by atomic mass is 32.1. The van der Waals surface area contributed by atoms with Gasteiger partial charge in [0.15, 0.2) is 0 Å². The first-order chi connectivity index (χ1) is 8.67. The molecule has 0 spiro atoms. The number of anilines is 1. The molecule has 1 aromatic carbocycles. The molecule has 0 saturated heterocycles. The highest BCUT2D eigenvalue weighted by molar-refractivity contribution is 7.80. The smallest absolute Gasteiger partial charge is 0.242 e. The van der Waals surface area contributed by atoms with E-state index in [4.69, 9.17) is 5.73 Å². The van der Waals surface area contributed by atoms with Gasteiger partial charge in [0.25, 0.3) is 0 Å². The van der Waals surface area contributed by atoms with E-state index in [-0.39, 0.29) is 5.91 Å². The van der Waals surface area contributed by atoms with Gasteiger partial charge in [-0.15, -0.1) is 0 Å². The number of thiol groups is 1. The van der Waals surface area contributed by atoms with E-state index < -0.39 is 6.04 Å². The molecule has 3 N–H and O–H groups in total. The molecule has 1 rings (SSSR count). The van der Waals surface area contributed by atoms with Crippen molar-refractivity contribution < 1.29 is 4.79 Å². The fourth-order valence-electron chi connectivity index (χ4n) is 1.65. The number of hydrogen-bond acceptors (Lipinski definition) is 3. The zero-order valence-electron chi connectivity index (χ0n) is 10.9. The van der Waals surface area contributed by atoms with Crippen LogP contribution in [-0.4, -0.2) is 17.7 Å². The van der Waals surface area contributed by atoms with Crippen molar-refractivity contribution in [1.29, 1.82) is 0 Å². The maximum absolute atomic E-state index is 11.6. The van der Waals surface area contributed by atoms with Crippen molar-refractivity contribution >= 4 is 24.2 Å². The molecule has 3 nitrogen and oxygen atoms in total. The van der Waals surface area contributed by atoms with Gasteiger partial charge in [-0.3, -0.25) is 4.79 Å². The zero-order valence-corrected chi connectivity index (χ0v) is 11.7. The summed E-state index contributed by atoms with van der Waals surface area (Å²) in [6, 6.07) is 7.39. The molecule has 4 heteroatoms. The van der Waals surface area contributed by atoms with E-state index in [9.17, 15) is 4.79 Å².